The smallest absolute Gasteiger partial charge is 0.268 e. The second-order valence-electron chi connectivity index (χ2n) is 4.26. The van der Waals surface area contributed by atoms with E-state index in [2.05, 4.69) is 10.3 Å². The molecule has 106 valence electrons. The van der Waals surface area contributed by atoms with Gasteiger partial charge < -0.3 is 21.7 Å². The Labute approximate surface area is 116 Å². The summed E-state index contributed by atoms with van der Waals surface area (Å²) in [5.74, 6) is -0.717. The molecule has 0 aliphatic rings. The molecule has 0 aliphatic heterocycles. The molecule has 1 heterocycles. The second-order valence-corrected chi connectivity index (χ2v) is 5.26. The van der Waals surface area contributed by atoms with Crippen LogP contribution in [0.15, 0.2) is 0 Å². The molecule has 7 nitrogen and oxygen atoms in total. The average molecular weight is 285 g/mol. The standard InChI is InChI=1S/C11H19N5O2S/c1-4-14-11-15-9(13)8(19-11)10(18)16(6(2)3)5-7(12)17/h6H,4-5,13H2,1-3H3,(H2,12,17)(H,14,15). The summed E-state index contributed by atoms with van der Waals surface area (Å²) in [6.45, 7) is 6.10. The van der Waals surface area contributed by atoms with Gasteiger partial charge in [0.2, 0.25) is 5.91 Å². The molecular weight excluding hydrogens is 266 g/mol. The number of nitrogens with zero attached hydrogens (tertiary/aromatic N) is 2. The van der Waals surface area contributed by atoms with Crippen LogP contribution < -0.4 is 16.8 Å². The maximum atomic E-state index is 12.3. The summed E-state index contributed by atoms with van der Waals surface area (Å²) in [4.78, 5) is 29.1. The molecule has 0 unspecified atom stereocenters. The Kier molecular flexibility index (Phi) is 5.11. The lowest BCUT2D eigenvalue weighted by Gasteiger charge is -2.24. The Morgan fingerprint density at radius 2 is 2.11 bits per heavy atom. The predicted molar refractivity (Wildman–Crippen MR) is 76.1 cm³/mol. The monoisotopic (exact) mass is 285 g/mol. The zero-order valence-corrected chi connectivity index (χ0v) is 12.1. The van der Waals surface area contributed by atoms with Crippen LogP contribution in [-0.4, -0.2) is 40.8 Å². The van der Waals surface area contributed by atoms with Crippen LogP contribution in [0.3, 0.4) is 0 Å². The van der Waals surface area contributed by atoms with E-state index in [9.17, 15) is 9.59 Å². The van der Waals surface area contributed by atoms with Crippen molar-refractivity contribution in [2.24, 2.45) is 5.73 Å². The number of hydrogen-bond acceptors (Lipinski definition) is 6. The number of aromatic nitrogens is 1. The van der Waals surface area contributed by atoms with Gasteiger partial charge in [0.25, 0.3) is 5.91 Å². The first-order chi connectivity index (χ1) is 8.86. The molecule has 5 N–H and O–H groups in total. The molecule has 0 radical (unpaired) electrons. The lowest BCUT2D eigenvalue weighted by molar-refractivity contribution is -0.119. The van der Waals surface area contributed by atoms with Gasteiger partial charge in [-0.2, -0.15) is 0 Å². The first-order valence-electron chi connectivity index (χ1n) is 5.96. The maximum absolute atomic E-state index is 12.3. The quantitative estimate of drug-likeness (QED) is 0.704. The minimum absolute atomic E-state index is 0.135. The Hall–Kier alpha value is -1.83. The van der Waals surface area contributed by atoms with Crippen LogP contribution >= 0.6 is 11.3 Å². The largest absolute Gasteiger partial charge is 0.382 e. The summed E-state index contributed by atoms with van der Waals surface area (Å²) in [6, 6.07) is -0.149. The number of hydrogen-bond donors (Lipinski definition) is 3. The van der Waals surface area contributed by atoms with Crippen molar-refractivity contribution in [2.75, 3.05) is 24.1 Å². The molecule has 0 aliphatic carbocycles. The molecule has 0 saturated heterocycles. The van der Waals surface area contributed by atoms with Crippen molar-refractivity contribution in [1.82, 2.24) is 9.88 Å². The number of nitrogens with two attached hydrogens (primary N) is 2. The number of carbonyl (C=O) groups excluding carboxylic acids is 2. The summed E-state index contributed by atoms with van der Waals surface area (Å²) < 4.78 is 0. The number of primary amides is 1. The molecule has 0 aromatic carbocycles. The van der Waals surface area contributed by atoms with Gasteiger partial charge in [-0.05, 0) is 20.8 Å². The molecule has 2 amide bonds. The number of rotatable bonds is 6. The number of nitrogen functional groups attached to an aromatic ring is 1. The lowest BCUT2D eigenvalue weighted by atomic mass is 10.3. The number of thiazole rings is 1. The fourth-order valence-electron chi connectivity index (χ4n) is 1.50. The number of amides is 2. The van der Waals surface area contributed by atoms with E-state index in [-0.39, 0.29) is 24.3 Å². The Morgan fingerprint density at radius 3 is 2.58 bits per heavy atom. The van der Waals surface area contributed by atoms with Crippen LogP contribution in [0.5, 0.6) is 0 Å². The number of anilines is 2. The summed E-state index contributed by atoms with van der Waals surface area (Å²) in [6.07, 6.45) is 0. The molecule has 1 aromatic heterocycles. The van der Waals surface area contributed by atoms with Crippen molar-refractivity contribution in [3.8, 4) is 0 Å². The lowest BCUT2D eigenvalue weighted by Crippen LogP contribution is -2.42. The van der Waals surface area contributed by atoms with Crippen LogP contribution in [0, 0.1) is 0 Å². The van der Waals surface area contributed by atoms with Crippen molar-refractivity contribution in [1.29, 1.82) is 0 Å². The number of nitrogens with one attached hydrogen (secondary N) is 1. The number of carbonyl (C=O) groups is 2. The molecule has 19 heavy (non-hydrogen) atoms. The van der Waals surface area contributed by atoms with Crippen LogP contribution in [0.4, 0.5) is 10.9 Å². The molecule has 8 heteroatoms. The SMILES string of the molecule is CCNc1nc(N)c(C(=O)N(CC(N)=O)C(C)C)s1. The molecule has 0 saturated carbocycles. The third-order valence-corrected chi connectivity index (χ3v) is 3.40. The van der Waals surface area contributed by atoms with Crippen LogP contribution in [0.2, 0.25) is 0 Å². The third kappa shape index (κ3) is 3.82. The fraction of sp³-hybridized carbons (Fsp3) is 0.545. The van der Waals surface area contributed by atoms with E-state index in [1.165, 1.54) is 16.2 Å². The van der Waals surface area contributed by atoms with Gasteiger partial charge >= 0.3 is 0 Å². The van der Waals surface area contributed by atoms with Gasteiger partial charge in [-0.25, -0.2) is 4.98 Å². The second kappa shape index (κ2) is 6.37. The zero-order chi connectivity index (χ0) is 14.6. The van der Waals surface area contributed by atoms with Gasteiger partial charge in [-0.15, -0.1) is 0 Å². The molecule has 0 atom stereocenters. The van der Waals surface area contributed by atoms with Crippen LogP contribution in [-0.2, 0) is 4.79 Å². The fourth-order valence-corrected chi connectivity index (χ4v) is 2.41. The Morgan fingerprint density at radius 1 is 1.47 bits per heavy atom. The Bertz CT molecular complexity index is 472. The highest BCUT2D eigenvalue weighted by atomic mass is 32.1. The average Bonchev–Trinajstić information content (AvgIpc) is 2.66. The van der Waals surface area contributed by atoms with Gasteiger partial charge in [-0.3, -0.25) is 9.59 Å². The Balaban J connectivity index is 2.99. The van der Waals surface area contributed by atoms with E-state index >= 15 is 0 Å². The van der Waals surface area contributed by atoms with Crippen molar-refractivity contribution >= 4 is 34.1 Å². The molecule has 0 bridgehead atoms. The molecule has 0 spiro atoms. The van der Waals surface area contributed by atoms with E-state index < -0.39 is 5.91 Å². The summed E-state index contributed by atoms with van der Waals surface area (Å²) >= 11 is 1.17. The van der Waals surface area contributed by atoms with Gasteiger partial charge in [0.1, 0.15) is 10.7 Å². The predicted octanol–water partition coefficient (Wildman–Crippen LogP) is 0.493. The minimum atomic E-state index is -0.558. The summed E-state index contributed by atoms with van der Waals surface area (Å²) in [7, 11) is 0. The molecule has 0 fully saturated rings. The highest BCUT2D eigenvalue weighted by Crippen LogP contribution is 2.26. The van der Waals surface area contributed by atoms with Crippen molar-refractivity contribution in [3.05, 3.63) is 4.88 Å². The van der Waals surface area contributed by atoms with Crippen molar-refractivity contribution in [3.63, 3.8) is 0 Å². The van der Waals surface area contributed by atoms with E-state index in [4.69, 9.17) is 11.5 Å². The normalized spacial score (nSPS) is 10.5. The molecular formula is C11H19N5O2S. The highest BCUT2D eigenvalue weighted by Gasteiger charge is 2.25. The minimum Gasteiger partial charge on any atom is -0.382 e. The first-order valence-corrected chi connectivity index (χ1v) is 6.77. The summed E-state index contributed by atoms with van der Waals surface area (Å²) in [5, 5.41) is 3.59. The van der Waals surface area contributed by atoms with Crippen LogP contribution in [0.25, 0.3) is 0 Å². The van der Waals surface area contributed by atoms with E-state index in [1.54, 1.807) is 0 Å². The van der Waals surface area contributed by atoms with E-state index in [1.807, 2.05) is 20.8 Å². The zero-order valence-electron chi connectivity index (χ0n) is 11.3. The third-order valence-electron chi connectivity index (χ3n) is 2.39. The van der Waals surface area contributed by atoms with Gasteiger partial charge in [-0.1, -0.05) is 11.3 Å². The molecule has 1 rings (SSSR count). The van der Waals surface area contributed by atoms with E-state index in [0.717, 1.165) is 0 Å². The van der Waals surface area contributed by atoms with Gasteiger partial charge in [0.05, 0.1) is 6.54 Å². The van der Waals surface area contributed by atoms with Gasteiger partial charge in [0.15, 0.2) is 5.13 Å². The topological polar surface area (TPSA) is 114 Å². The van der Waals surface area contributed by atoms with Crippen LogP contribution in [0.1, 0.15) is 30.4 Å². The van der Waals surface area contributed by atoms with Crippen molar-refractivity contribution < 1.29 is 9.59 Å². The maximum Gasteiger partial charge on any atom is 0.268 e. The van der Waals surface area contributed by atoms with Gasteiger partial charge in [0, 0.05) is 12.6 Å². The summed E-state index contributed by atoms with van der Waals surface area (Å²) in [5.41, 5.74) is 10.9. The molecule has 1 aromatic rings. The van der Waals surface area contributed by atoms with E-state index in [0.29, 0.717) is 16.6 Å². The first kappa shape index (κ1) is 15.2. The van der Waals surface area contributed by atoms with Crippen molar-refractivity contribution in [2.45, 2.75) is 26.8 Å². The highest BCUT2D eigenvalue weighted by molar-refractivity contribution is 7.18.